The van der Waals surface area contributed by atoms with Crippen LogP contribution in [0.25, 0.3) is 0 Å². The van der Waals surface area contributed by atoms with Gasteiger partial charge in [0.1, 0.15) is 10.8 Å². The Labute approximate surface area is 114 Å². The largest absolute Gasteiger partial charge is 0.271 e. The van der Waals surface area contributed by atoms with Crippen LogP contribution >= 0.6 is 0 Å². The number of carbonyl (C=O) groups excluding carboxylic acids is 2. The summed E-state index contributed by atoms with van der Waals surface area (Å²) < 4.78 is 0. The third-order valence-electron chi connectivity index (χ3n) is 3.31. The molecular formula is C16H20NO2. The van der Waals surface area contributed by atoms with Crippen LogP contribution in [0, 0.1) is 10.8 Å². The Kier molecular flexibility index (Phi) is 4.65. The van der Waals surface area contributed by atoms with Crippen molar-refractivity contribution < 1.29 is 9.59 Å². The molecule has 0 aromatic carbocycles. The molecule has 1 aliphatic rings. The van der Waals surface area contributed by atoms with Crippen molar-refractivity contribution in [3.8, 4) is 0 Å². The van der Waals surface area contributed by atoms with Gasteiger partial charge in [-0.25, -0.2) is 0 Å². The van der Waals surface area contributed by atoms with E-state index in [0.29, 0.717) is 0 Å². The maximum atomic E-state index is 12.3. The molecule has 0 atom stereocenters. The monoisotopic (exact) mass is 258 g/mol. The number of nitrogens with zero attached hydrogens (tertiary/aromatic N) is 1. The van der Waals surface area contributed by atoms with Gasteiger partial charge >= 0.3 is 0 Å². The van der Waals surface area contributed by atoms with Gasteiger partial charge in [0, 0.05) is 0 Å². The zero-order valence-corrected chi connectivity index (χ0v) is 11.9. The molecule has 0 unspecified atom stereocenters. The van der Waals surface area contributed by atoms with Crippen molar-refractivity contribution in [1.82, 2.24) is 5.32 Å². The summed E-state index contributed by atoms with van der Waals surface area (Å²) in [7, 11) is 0. The normalized spacial score (nSPS) is 32.4. The number of hydrogen-bond donors (Lipinski definition) is 0. The Morgan fingerprint density at radius 3 is 1.16 bits per heavy atom. The zero-order chi connectivity index (χ0) is 14.5. The van der Waals surface area contributed by atoms with E-state index in [9.17, 15) is 9.59 Å². The SMILES string of the molecule is CC=CC1(C=CC)C(=O)[N]C(=O)C1(C=CC)C=CC. The average molecular weight is 258 g/mol. The van der Waals surface area contributed by atoms with Crippen LogP contribution in [0.4, 0.5) is 0 Å². The van der Waals surface area contributed by atoms with E-state index in [1.165, 1.54) is 0 Å². The molecule has 1 rings (SSSR count). The lowest BCUT2D eigenvalue weighted by atomic mass is 9.63. The molecule has 1 radical (unpaired) electrons. The number of hydrogen-bond acceptors (Lipinski definition) is 2. The molecule has 1 fully saturated rings. The fourth-order valence-corrected chi connectivity index (χ4v) is 2.63. The smallest absolute Gasteiger partial charge is 0.264 e. The molecule has 2 amide bonds. The second-order valence-corrected chi connectivity index (χ2v) is 4.46. The van der Waals surface area contributed by atoms with Crippen LogP contribution in [-0.2, 0) is 9.59 Å². The van der Waals surface area contributed by atoms with E-state index in [4.69, 9.17) is 0 Å². The molecule has 1 saturated heterocycles. The standard InChI is InChI=1S/C16H20NO2/c1-5-9-15(10-6-2)13(18)17-14(19)16(15,11-7-3)12-8-4/h5-12H,1-4H3. The molecule has 1 aliphatic heterocycles. The summed E-state index contributed by atoms with van der Waals surface area (Å²) in [6.07, 6.45) is 14.2. The first-order chi connectivity index (χ1) is 9.04. The predicted molar refractivity (Wildman–Crippen MR) is 76.3 cm³/mol. The molecule has 0 N–H and O–H groups in total. The first-order valence-electron chi connectivity index (χ1n) is 6.40. The topological polar surface area (TPSA) is 48.2 Å². The highest BCUT2D eigenvalue weighted by Crippen LogP contribution is 2.50. The zero-order valence-electron chi connectivity index (χ0n) is 11.9. The number of rotatable bonds is 4. The van der Waals surface area contributed by atoms with Gasteiger partial charge in [0.25, 0.3) is 11.8 Å². The highest BCUT2D eigenvalue weighted by molar-refractivity contribution is 6.13. The predicted octanol–water partition coefficient (Wildman–Crippen LogP) is 2.93. The second kappa shape index (κ2) is 5.83. The fourth-order valence-electron chi connectivity index (χ4n) is 2.63. The Hall–Kier alpha value is -1.90. The minimum Gasteiger partial charge on any atom is -0.271 e. The minimum atomic E-state index is -1.05. The number of imide groups is 1. The maximum absolute atomic E-state index is 12.3. The van der Waals surface area contributed by atoms with Crippen LogP contribution in [0.1, 0.15) is 27.7 Å². The Bertz CT molecular complexity index is 413. The first kappa shape index (κ1) is 15.2. The second-order valence-electron chi connectivity index (χ2n) is 4.46. The maximum Gasteiger partial charge on any atom is 0.264 e. The van der Waals surface area contributed by atoms with Crippen LogP contribution in [0.5, 0.6) is 0 Å². The van der Waals surface area contributed by atoms with Crippen molar-refractivity contribution in [2.45, 2.75) is 27.7 Å². The summed E-state index contributed by atoms with van der Waals surface area (Å²) >= 11 is 0. The molecule has 0 bridgehead atoms. The summed E-state index contributed by atoms with van der Waals surface area (Å²) in [6.45, 7) is 7.32. The third-order valence-corrected chi connectivity index (χ3v) is 3.31. The molecule has 0 aliphatic carbocycles. The molecule has 101 valence electrons. The van der Waals surface area contributed by atoms with E-state index < -0.39 is 22.6 Å². The summed E-state index contributed by atoms with van der Waals surface area (Å²) in [6, 6.07) is 0. The van der Waals surface area contributed by atoms with Gasteiger partial charge in [0.2, 0.25) is 0 Å². The highest BCUT2D eigenvalue weighted by atomic mass is 16.2. The van der Waals surface area contributed by atoms with Crippen LogP contribution in [-0.4, -0.2) is 11.8 Å². The van der Waals surface area contributed by atoms with Crippen molar-refractivity contribution in [2.24, 2.45) is 10.8 Å². The number of allylic oxidation sites excluding steroid dienone is 4. The van der Waals surface area contributed by atoms with E-state index in [2.05, 4.69) is 5.32 Å². The fraction of sp³-hybridized carbons (Fsp3) is 0.375. The summed E-state index contributed by atoms with van der Waals surface area (Å²) in [5.74, 6) is -0.824. The van der Waals surface area contributed by atoms with E-state index in [0.717, 1.165) is 0 Å². The van der Waals surface area contributed by atoms with Gasteiger partial charge in [0.05, 0.1) is 0 Å². The first-order valence-corrected chi connectivity index (χ1v) is 6.40. The molecule has 1 heterocycles. The number of carbonyl (C=O) groups is 2. The van der Waals surface area contributed by atoms with E-state index >= 15 is 0 Å². The highest BCUT2D eigenvalue weighted by Gasteiger charge is 2.62. The quantitative estimate of drug-likeness (QED) is 0.575. The van der Waals surface area contributed by atoms with Crippen molar-refractivity contribution in [1.29, 1.82) is 0 Å². The summed E-state index contributed by atoms with van der Waals surface area (Å²) in [5.41, 5.74) is -2.10. The molecule has 3 nitrogen and oxygen atoms in total. The van der Waals surface area contributed by atoms with Gasteiger partial charge in [-0.15, -0.1) is 0 Å². The van der Waals surface area contributed by atoms with Gasteiger partial charge in [0.15, 0.2) is 0 Å². The molecule has 0 aromatic rings. The van der Waals surface area contributed by atoms with Gasteiger partial charge in [-0.3, -0.25) is 9.59 Å². The van der Waals surface area contributed by atoms with Crippen LogP contribution < -0.4 is 5.32 Å². The van der Waals surface area contributed by atoms with Crippen molar-refractivity contribution in [3.05, 3.63) is 48.6 Å². The van der Waals surface area contributed by atoms with Gasteiger partial charge < -0.3 is 0 Å². The van der Waals surface area contributed by atoms with Crippen molar-refractivity contribution >= 4 is 11.8 Å². The van der Waals surface area contributed by atoms with E-state index in [1.807, 2.05) is 27.7 Å². The van der Waals surface area contributed by atoms with Crippen molar-refractivity contribution in [2.75, 3.05) is 0 Å². The summed E-state index contributed by atoms with van der Waals surface area (Å²) in [5, 5.41) is 3.69. The number of amides is 2. The molecule has 19 heavy (non-hydrogen) atoms. The van der Waals surface area contributed by atoms with Gasteiger partial charge in [-0.05, 0) is 27.7 Å². The van der Waals surface area contributed by atoms with Crippen molar-refractivity contribution in [3.63, 3.8) is 0 Å². The Morgan fingerprint density at radius 2 is 0.947 bits per heavy atom. The molecule has 0 aromatic heterocycles. The van der Waals surface area contributed by atoms with Gasteiger partial charge in [-0.1, -0.05) is 48.6 Å². The lowest BCUT2D eigenvalue weighted by Gasteiger charge is -2.33. The van der Waals surface area contributed by atoms with Gasteiger partial charge in [-0.2, -0.15) is 5.32 Å². The Balaban J connectivity index is 3.70. The minimum absolute atomic E-state index is 0.412. The summed E-state index contributed by atoms with van der Waals surface area (Å²) in [4.78, 5) is 24.6. The van der Waals surface area contributed by atoms with E-state index in [1.54, 1.807) is 48.6 Å². The van der Waals surface area contributed by atoms with Crippen LogP contribution in [0.2, 0.25) is 0 Å². The van der Waals surface area contributed by atoms with E-state index in [-0.39, 0.29) is 0 Å². The average Bonchev–Trinajstić information content (AvgIpc) is 2.54. The molecule has 0 spiro atoms. The molecule has 3 heteroatoms. The lowest BCUT2D eigenvalue weighted by molar-refractivity contribution is -0.127. The van der Waals surface area contributed by atoms with Crippen LogP contribution in [0.3, 0.4) is 0 Å². The van der Waals surface area contributed by atoms with Crippen LogP contribution in [0.15, 0.2) is 48.6 Å². The third kappa shape index (κ3) is 2.09. The Morgan fingerprint density at radius 1 is 0.684 bits per heavy atom. The molecule has 0 saturated carbocycles. The lowest BCUT2D eigenvalue weighted by Crippen LogP contribution is -2.39. The molecular weight excluding hydrogens is 238 g/mol.